The van der Waals surface area contributed by atoms with Gasteiger partial charge < -0.3 is 10.5 Å². The molecule has 0 saturated heterocycles. The number of hydrogen-bond donors (Lipinski definition) is 1. The summed E-state index contributed by atoms with van der Waals surface area (Å²) in [5.74, 6) is 0.0734. The Kier molecular flexibility index (Phi) is 3.45. The number of nitrogens with zero attached hydrogens (tertiary/aromatic N) is 1. The molecule has 0 fully saturated rings. The fourth-order valence-electron chi connectivity index (χ4n) is 0.809. The Labute approximate surface area is 94.2 Å². The third-order valence-corrected chi connectivity index (χ3v) is 2.60. The molecular weight excluding hydrogens is 241 g/mol. The summed E-state index contributed by atoms with van der Waals surface area (Å²) < 4.78 is 41.7. The molecule has 0 saturated carbocycles. The van der Waals surface area contributed by atoms with Gasteiger partial charge in [-0.15, -0.1) is 11.3 Å². The molecule has 1 rings (SSSR count). The number of hydrogen-bond acceptors (Lipinski definition) is 4. The van der Waals surface area contributed by atoms with Crippen LogP contribution in [-0.4, -0.2) is 12.1 Å². The molecule has 0 spiro atoms. The van der Waals surface area contributed by atoms with Crippen molar-refractivity contribution in [3.8, 4) is 11.8 Å². The van der Waals surface area contributed by atoms with Crippen molar-refractivity contribution < 1.29 is 17.9 Å². The van der Waals surface area contributed by atoms with Crippen molar-refractivity contribution in [3.05, 3.63) is 16.3 Å². The zero-order valence-electron chi connectivity index (χ0n) is 8.34. The van der Waals surface area contributed by atoms with Crippen LogP contribution in [0, 0.1) is 11.3 Å². The van der Waals surface area contributed by atoms with Crippen LogP contribution >= 0.6 is 11.3 Å². The van der Waals surface area contributed by atoms with Gasteiger partial charge in [0.1, 0.15) is 22.8 Å². The molecule has 1 aromatic heterocycles. The molecule has 0 bridgehead atoms. The number of ether oxygens (including phenoxy) is 1. The first-order valence-corrected chi connectivity index (χ1v) is 5.11. The lowest BCUT2D eigenvalue weighted by Crippen LogP contribution is -2.40. The van der Waals surface area contributed by atoms with E-state index in [1.807, 2.05) is 0 Å². The minimum atomic E-state index is -4.37. The molecule has 0 amide bonds. The minimum absolute atomic E-state index is 0.0734. The Morgan fingerprint density at radius 1 is 1.56 bits per heavy atom. The second kappa shape index (κ2) is 4.31. The van der Waals surface area contributed by atoms with E-state index in [2.05, 4.69) is 0 Å². The molecule has 1 atom stereocenters. The van der Waals surface area contributed by atoms with Crippen molar-refractivity contribution in [1.82, 2.24) is 0 Å². The van der Waals surface area contributed by atoms with Crippen molar-refractivity contribution in [2.24, 2.45) is 5.73 Å². The summed E-state index contributed by atoms with van der Waals surface area (Å²) in [6, 6.07) is 2.67. The van der Waals surface area contributed by atoms with Gasteiger partial charge in [0.15, 0.2) is 0 Å². The Hall–Kier alpha value is -1.26. The number of rotatable bonds is 3. The quantitative estimate of drug-likeness (QED) is 0.896. The summed E-state index contributed by atoms with van der Waals surface area (Å²) in [5, 5.41) is 9.81. The Balaban J connectivity index is 2.65. The zero-order chi connectivity index (χ0) is 12.4. The molecule has 0 radical (unpaired) electrons. The third-order valence-electron chi connectivity index (χ3n) is 1.65. The van der Waals surface area contributed by atoms with E-state index in [-0.39, 0.29) is 12.4 Å². The van der Waals surface area contributed by atoms with E-state index < -0.39 is 16.6 Å². The van der Waals surface area contributed by atoms with Crippen molar-refractivity contribution in [2.75, 3.05) is 6.61 Å². The standard InChI is InChI=1S/C9H9F3N2OS/c1-8(14,4-13)5-15-6-2-7(16-3-6)9(10,11)12/h2-3H,5,14H2,1H3. The molecule has 2 N–H and O–H groups in total. The Bertz CT molecular complexity index is 406. The van der Waals surface area contributed by atoms with Crippen LogP contribution in [0.3, 0.4) is 0 Å². The van der Waals surface area contributed by atoms with E-state index in [9.17, 15) is 13.2 Å². The van der Waals surface area contributed by atoms with Gasteiger partial charge in [0.25, 0.3) is 0 Å². The van der Waals surface area contributed by atoms with Crippen LogP contribution in [-0.2, 0) is 6.18 Å². The van der Waals surface area contributed by atoms with Gasteiger partial charge in [-0.25, -0.2) is 0 Å². The maximum atomic E-state index is 12.2. The maximum absolute atomic E-state index is 12.2. The lowest BCUT2D eigenvalue weighted by Gasteiger charge is -2.15. The first kappa shape index (κ1) is 12.8. The largest absolute Gasteiger partial charge is 0.490 e. The topological polar surface area (TPSA) is 59.0 Å². The Morgan fingerprint density at radius 3 is 2.62 bits per heavy atom. The fraction of sp³-hybridized carbons (Fsp3) is 0.444. The predicted molar refractivity (Wildman–Crippen MR) is 53.0 cm³/mol. The van der Waals surface area contributed by atoms with Gasteiger partial charge in [0.2, 0.25) is 0 Å². The highest BCUT2D eigenvalue weighted by molar-refractivity contribution is 7.10. The summed E-state index contributed by atoms with van der Waals surface area (Å²) in [6.45, 7) is 1.28. The SMILES string of the molecule is CC(N)(C#N)COc1csc(C(F)(F)F)c1. The normalized spacial score (nSPS) is 15.2. The molecule has 0 aliphatic carbocycles. The highest BCUT2D eigenvalue weighted by atomic mass is 32.1. The molecule has 7 heteroatoms. The van der Waals surface area contributed by atoms with Crippen LogP contribution < -0.4 is 10.5 Å². The van der Waals surface area contributed by atoms with E-state index in [1.165, 1.54) is 12.3 Å². The van der Waals surface area contributed by atoms with Gasteiger partial charge in [-0.1, -0.05) is 0 Å². The summed E-state index contributed by atoms with van der Waals surface area (Å²) in [4.78, 5) is -0.738. The van der Waals surface area contributed by atoms with Crippen LogP contribution in [0.5, 0.6) is 5.75 Å². The number of nitriles is 1. The smallest absolute Gasteiger partial charge is 0.425 e. The molecule has 0 aliphatic rings. The van der Waals surface area contributed by atoms with Gasteiger partial charge in [-0.2, -0.15) is 18.4 Å². The molecular formula is C9H9F3N2OS. The molecule has 1 unspecified atom stereocenters. The van der Waals surface area contributed by atoms with Crippen molar-refractivity contribution >= 4 is 11.3 Å². The second-order valence-electron chi connectivity index (χ2n) is 3.46. The molecule has 1 aromatic rings. The van der Waals surface area contributed by atoms with Gasteiger partial charge in [-0.3, -0.25) is 0 Å². The monoisotopic (exact) mass is 250 g/mol. The third kappa shape index (κ3) is 3.40. The zero-order valence-corrected chi connectivity index (χ0v) is 9.15. The van der Waals surface area contributed by atoms with Gasteiger partial charge in [-0.05, 0) is 6.92 Å². The molecule has 3 nitrogen and oxygen atoms in total. The van der Waals surface area contributed by atoms with E-state index in [0.29, 0.717) is 11.3 Å². The second-order valence-corrected chi connectivity index (χ2v) is 4.37. The number of alkyl halides is 3. The molecule has 16 heavy (non-hydrogen) atoms. The molecule has 1 heterocycles. The first-order chi connectivity index (χ1) is 7.24. The van der Waals surface area contributed by atoms with E-state index in [4.69, 9.17) is 15.7 Å². The van der Waals surface area contributed by atoms with Crippen molar-refractivity contribution in [3.63, 3.8) is 0 Å². The van der Waals surface area contributed by atoms with Crippen LogP contribution in [0.15, 0.2) is 11.4 Å². The molecule has 88 valence electrons. The number of halogens is 3. The van der Waals surface area contributed by atoms with Gasteiger partial charge in [0, 0.05) is 11.4 Å². The lowest BCUT2D eigenvalue weighted by molar-refractivity contribution is -0.134. The van der Waals surface area contributed by atoms with Crippen LogP contribution in [0.1, 0.15) is 11.8 Å². The average Bonchev–Trinajstić information content (AvgIpc) is 2.63. The average molecular weight is 250 g/mol. The maximum Gasteiger partial charge on any atom is 0.425 e. The fourth-order valence-corrected chi connectivity index (χ4v) is 1.51. The van der Waals surface area contributed by atoms with Crippen molar-refractivity contribution in [2.45, 2.75) is 18.6 Å². The lowest BCUT2D eigenvalue weighted by atomic mass is 10.1. The number of nitrogens with two attached hydrogens (primary N) is 1. The summed E-state index contributed by atoms with van der Waals surface area (Å²) >= 11 is 0.541. The first-order valence-electron chi connectivity index (χ1n) is 4.23. The van der Waals surface area contributed by atoms with Crippen molar-refractivity contribution in [1.29, 1.82) is 5.26 Å². The Morgan fingerprint density at radius 2 is 2.19 bits per heavy atom. The number of thiophene rings is 1. The van der Waals surface area contributed by atoms with E-state index in [1.54, 1.807) is 6.07 Å². The molecule has 0 aromatic carbocycles. The predicted octanol–water partition coefficient (Wildman–Crippen LogP) is 2.39. The highest BCUT2D eigenvalue weighted by Gasteiger charge is 2.32. The van der Waals surface area contributed by atoms with Gasteiger partial charge in [0.05, 0.1) is 6.07 Å². The van der Waals surface area contributed by atoms with Crippen LogP contribution in [0.25, 0.3) is 0 Å². The summed E-state index contributed by atoms with van der Waals surface area (Å²) in [7, 11) is 0. The van der Waals surface area contributed by atoms with E-state index >= 15 is 0 Å². The van der Waals surface area contributed by atoms with Crippen LogP contribution in [0.4, 0.5) is 13.2 Å². The summed E-state index contributed by atoms with van der Waals surface area (Å²) in [6.07, 6.45) is -4.37. The highest BCUT2D eigenvalue weighted by Crippen LogP contribution is 2.36. The molecule has 0 aliphatic heterocycles. The minimum Gasteiger partial charge on any atom is -0.490 e. The summed E-state index contributed by atoms with van der Waals surface area (Å²) in [5.41, 5.74) is 4.24. The van der Waals surface area contributed by atoms with Crippen LogP contribution in [0.2, 0.25) is 0 Å². The van der Waals surface area contributed by atoms with E-state index in [0.717, 1.165) is 6.07 Å². The van der Waals surface area contributed by atoms with Gasteiger partial charge >= 0.3 is 6.18 Å².